The number of rotatable bonds is 4. The van der Waals surface area contributed by atoms with Gasteiger partial charge in [-0.05, 0) is 36.6 Å². The molecule has 2 atom stereocenters. The Kier molecular flexibility index (Phi) is 3.87. The molecule has 5 nitrogen and oxygen atoms in total. The second-order valence-electron chi connectivity index (χ2n) is 6.27. The maximum Gasteiger partial charge on any atom is 0.225 e. The second kappa shape index (κ2) is 6.16. The van der Waals surface area contributed by atoms with Crippen molar-refractivity contribution in [2.24, 2.45) is 0 Å². The predicted octanol–water partition coefficient (Wildman–Crippen LogP) is 2.34. The summed E-state index contributed by atoms with van der Waals surface area (Å²) in [6.45, 7) is 3.21. The molecule has 0 unspecified atom stereocenters. The number of anilines is 1. The van der Waals surface area contributed by atoms with E-state index in [4.69, 9.17) is 4.74 Å². The highest BCUT2D eigenvalue weighted by Crippen LogP contribution is 2.34. The first-order valence-corrected chi connectivity index (χ1v) is 8.26. The van der Waals surface area contributed by atoms with Crippen LogP contribution in [0.2, 0.25) is 0 Å². The van der Waals surface area contributed by atoms with Crippen molar-refractivity contribution in [2.45, 2.75) is 31.5 Å². The van der Waals surface area contributed by atoms with Crippen LogP contribution in [0.4, 0.5) is 5.95 Å². The number of ether oxygens (including phenoxy) is 1. The lowest BCUT2D eigenvalue weighted by atomic mass is 10.1. The summed E-state index contributed by atoms with van der Waals surface area (Å²) in [5, 5.41) is 0. The fourth-order valence-electron chi connectivity index (χ4n) is 3.92. The number of benzene rings is 1. The first-order chi connectivity index (χ1) is 11.3. The van der Waals surface area contributed by atoms with Gasteiger partial charge >= 0.3 is 0 Å². The van der Waals surface area contributed by atoms with Crippen LogP contribution in [0.3, 0.4) is 0 Å². The molecule has 0 saturated carbocycles. The van der Waals surface area contributed by atoms with Crippen molar-refractivity contribution >= 4 is 5.95 Å². The monoisotopic (exact) mass is 310 g/mol. The van der Waals surface area contributed by atoms with Crippen molar-refractivity contribution in [3.05, 3.63) is 48.3 Å². The molecule has 0 N–H and O–H groups in total. The molecule has 0 radical (unpaired) electrons. The van der Waals surface area contributed by atoms with Crippen molar-refractivity contribution in [2.75, 3.05) is 25.1 Å². The summed E-state index contributed by atoms with van der Waals surface area (Å²) in [4.78, 5) is 13.9. The molecule has 1 aromatic carbocycles. The molecule has 120 valence electrons. The van der Waals surface area contributed by atoms with Gasteiger partial charge in [0.15, 0.2) is 0 Å². The van der Waals surface area contributed by atoms with Gasteiger partial charge in [-0.15, -0.1) is 0 Å². The molecule has 2 aliphatic rings. The highest BCUT2D eigenvalue weighted by molar-refractivity contribution is 5.35. The van der Waals surface area contributed by atoms with Gasteiger partial charge in [-0.2, -0.15) is 0 Å². The van der Waals surface area contributed by atoms with Crippen LogP contribution in [-0.4, -0.2) is 47.2 Å². The molecule has 1 aromatic heterocycles. The molecule has 0 amide bonds. The van der Waals surface area contributed by atoms with Gasteiger partial charge in [0.25, 0.3) is 0 Å². The Bertz CT molecular complexity index is 646. The lowest BCUT2D eigenvalue weighted by molar-refractivity contribution is 0.245. The molecule has 23 heavy (non-hydrogen) atoms. The Morgan fingerprint density at radius 1 is 1.04 bits per heavy atom. The summed E-state index contributed by atoms with van der Waals surface area (Å²) in [6.07, 6.45) is 6.05. The number of methoxy groups -OCH3 is 1. The lowest BCUT2D eigenvalue weighted by Gasteiger charge is -2.25. The summed E-state index contributed by atoms with van der Waals surface area (Å²) >= 11 is 0. The van der Waals surface area contributed by atoms with Crippen LogP contribution in [0.15, 0.2) is 42.7 Å². The molecule has 4 rings (SSSR count). The summed E-state index contributed by atoms with van der Waals surface area (Å²) in [5.74, 6) is 1.80. The molecule has 5 heteroatoms. The van der Waals surface area contributed by atoms with Gasteiger partial charge in [0.2, 0.25) is 5.95 Å². The first-order valence-electron chi connectivity index (χ1n) is 8.26. The fourth-order valence-corrected chi connectivity index (χ4v) is 3.92. The van der Waals surface area contributed by atoms with E-state index >= 15 is 0 Å². The van der Waals surface area contributed by atoms with Crippen LogP contribution >= 0.6 is 0 Å². The van der Waals surface area contributed by atoms with Crippen LogP contribution < -0.4 is 9.64 Å². The zero-order valence-electron chi connectivity index (χ0n) is 13.4. The number of nitrogens with zero attached hydrogens (tertiary/aromatic N) is 4. The third-order valence-electron chi connectivity index (χ3n) is 5.05. The SMILES string of the molecule is COc1ccc(CN2CC[C@H]3[C@H]2CCN3c2ncccn2)cc1. The molecular weight excluding hydrogens is 288 g/mol. The Labute approximate surface area is 136 Å². The van der Waals surface area contributed by atoms with Gasteiger partial charge in [0.1, 0.15) is 5.75 Å². The highest BCUT2D eigenvalue weighted by Gasteiger charge is 2.43. The molecular formula is C18H22N4O. The van der Waals surface area contributed by atoms with E-state index in [0.29, 0.717) is 12.1 Å². The normalized spacial score (nSPS) is 24.0. The van der Waals surface area contributed by atoms with Crippen LogP contribution in [0.5, 0.6) is 5.75 Å². The summed E-state index contributed by atoms with van der Waals surface area (Å²) < 4.78 is 5.24. The van der Waals surface area contributed by atoms with E-state index < -0.39 is 0 Å². The van der Waals surface area contributed by atoms with Crippen LogP contribution in [-0.2, 0) is 6.54 Å². The van der Waals surface area contributed by atoms with Crippen molar-refractivity contribution in [3.63, 3.8) is 0 Å². The van der Waals surface area contributed by atoms with Crippen molar-refractivity contribution < 1.29 is 4.74 Å². The standard InChI is InChI=1S/C18H22N4O/c1-23-15-5-3-14(4-6-15)13-21-11-7-17-16(21)8-12-22(17)18-19-9-2-10-20-18/h2-6,9-10,16-17H,7-8,11-13H2,1H3/t16-,17+/m1/s1. The number of likely N-dealkylation sites (tertiary alicyclic amines) is 1. The molecule has 2 aromatic rings. The number of hydrogen-bond donors (Lipinski definition) is 0. The molecule has 0 spiro atoms. The summed E-state index contributed by atoms with van der Waals surface area (Å²) in [5.41, 5.74) is 1.35. The zero-order valence-corrected chi connectivity index (χ0v) is 13.4. The molecule has 3 heterocycles. The van der Waals surface area contributed by atoms with E-state index in [1.54, 1.807) is 7.11 Å². The highest BCUT2D eigenvalue weighted by atomic mass is 16.5. The van der Waals surface area contributed by atoms with Gasteiger partial charge < -0.3 is 9.64 Å². The first kappa shape index (κ1) is 14.5. The Balaban J connectivity index is 1.45. The minimum Gasteiger partial charge on any atom is -0.497 e. The van der Waals surface area contributed by atoms with E-state index in [-0.39, 0.29) is 0 Å². The quantitative estimate of drug-likeness (QED) is 0.867. The van der Waals surface area contributed by atoms with E-state index in [1.165, 1.54) is 18.4 Å². The number of fused-ring (bicyclic) bond motifs is 1. The molecule has 2 saturated heterocycles. The minimum absolute atomic E-state index is 0.552. The third-order valence-corrected chi connectivity index (χ3v) is 5.05. The fraction of sp³-hybridized carbons (Fsp3) is 0.444. The average Bonchev–Trinajstić information content (AvgIpc) is 3.19. The Morgan fingerprint density at radius 3 is 2.52 bits per heavy atom. The van der Waals surface area contributed by atoms with Gasteiger partial charge in [-0.3, -0.25) is 4.90 Å². The predicted molar refractivity (Wildman–Crippen MR) is 89.6 cm³/mol. The zero-order chi connectivity index (χ0) is 15.6. The third kappa shape index (κ3) is 2.77. The Hall–Kier alpha value is -2.14. The average molecular weight is 310 g/mol. The smallest absolute Gasteiger partial charge is 0.225 e. The van der Waals surface area contributed by atoms with E-state index in [0.717, 1.165) is 31.3 Å². The van der Waals surface area contributed by atoms with E-state index in [2.05, 4.69) is 31.9 Å². The number of hydrogen-bond acceptors (Lipinski definition) is 5. The van der Waals surface area contributed by atoms with Crippen LogP contribution in [0.25, 0.3) is 0 Å². The van der Waals surface area contributed by atoms with Crippen molar-refractivity contribution in [1.29, 1.82) is 0 Å². The van der Waals surface area contributed by atoms with Gasteiger partial charge in [0, 0.05) is 44.1 Å². The maximum atomic E-state index is 5.24. The van der Waals surface area contributed by atoms with Crippen LogP contribution in [0, 0.1) is 0 Å². The molecule has 0 bridgehead atoms. The van der Waals surface area contributed by atoms with Crippen LogP contribution in [0.1, 0.15) is 18.4 Å². The Morgan fingerprint density at radius 2 is 1.78 bits per heavy atom. The lowest BCUT2D eigenvalue weighted by Crippen LogP contribution is -2.37. The second-order valence-corrected chi connectivity index (χ2v) is 6.27. The van der Waals surface area contributed by atoms with Gasteiger partial charge in [-0.1, -0.05) is 12.1 Å². The summed E-state index contributed by atoms with van der Waals surface area (Å²) in [6, 6.07) is 11.5. The molecule has 0 aliphatic carbocycles. The molecule has 2 fully saturated rings. The summed E-state index contributed by atoms with van der Waals surface area (Å²) in [7, 11) is 1.71. The van der Waals surface area contributed by atoms with Crippen molar-refractivity contribution in [1.82, 2.24) is 14.9 Å². The van der Waals surface area contributed by atoms with Gasteiger partial charge in [0.05, 0.1) is 7.11 Å². The maximum absolute atomic E-state index is 5.24. The topological polar surface area (TPSA) is 41.5 Å². The largest absolute Gasteiger partial charge is 0.497 e. The van der Waals surface area contributed by atoms with Crippen molar-refractivity contribution in [3.8, 4) is 5.75 Å². The van der Waals surface area contributed by atoms with Gasteiger partial charge in [-0.25, -0.2) is 9.97 Å². The van der Waals surface area contributed by atoms with E-state index in [9.17, 15) is 0 Å². The number of aromatic nitrogens is 2. The van der Waals surface area contributed by atoms with E-state index in [1.807, 2.05) is 30.6 Å². The minimum atomic E-state index is 0.552. The molecule has 2 aliphatic heterocycles.